The molecule has 0 saturated heterocycles. The van der Waals surface area contributed by atoms with E-state index in [1.807, 2.05) is 19.6 Å². The number of nitro benzene ring substituents is 1. The Kier molecular flexibility index (Phi) is 10.3. The van der Waals surface area contributed by atoms with Gasteiger partial charge in [0, 0.05) is 33.8 Å². The Morgan fingerprint density at radius 2 is 1.72 bits per heavy atom. The van der Waals surface area contributed by atoms with Crippen molar-refractivity contribution in [1.29, 1.82) is 0 Å². The molecule has 1 N–H and O–H groups in total. The average molecular weight is 486 g/mol. The van der Waals surface area contributed by atoms with Gasteiger partial charge in [-0.25, -0.2) is 9.59 Å². The first-order valence-corrected chi connectivity index (χ1v) is 17.5. The van der Waals surface area contributed by atoms with Crippen molar-refractivity contribution in [1.82, 2.24) is 10.2 Å². The quantitative estimate of drug-likeness (QED) is 0.282. The Morgan fingerprint density at radius 1 is 1.12 bits per heavy atom. The first kappa shape index (κ1) is 27.6. The fraction of sp³-hybridized carbons (Fsp3) is 0.600. The summed E-state index contributed by atoms with van der Waals surface area (Å²) in [6.45, 7) is 13.4. The van der Waals surface area contributed by atoms with Crippen molar-refractivity contribution in [3.8, 4) is 5.75 Å². The van der Waals surface area contributed by atoms with Crippen LogP contribution < -0.4 is 10.1 Å². The number of benzene rings is 1. The van der Waals surface area contributed by atoms with Gasteiger partial charge >= 0.3 is 12.2 Å². The van der Waals surface area contributed by atoms with Gasteiger partial charge in [-0.05, 0) is 37.8 Å². The van der Waals surface area contributed by atoms with Gasteiger partial charge in [-0.3, -0.25) is 10.1 Å². The monoisotopic (exact) mass is 485 g/mol. The average Bonchev–Trinajstić information content (AvgIpc) is 2.64. The Labute approximate surface area is 191 Å². The number of hydrogen-bond acceptors (Lipinski definition) is 7. The van der Waals surface area contributed by atoms with Gasteiger partial charge in [0.1, 0.15) is 5.75 Å². The zero-order valence-electron chi connectivity index (χ0n) is 20.0. The third-order valence-corrected chi connectivity index (χ3v) is 6.92. The molecule has 0 aliphatic heterocycles. The molecule has 10 nitrogen and oxygen atoms in total. The largest absolute Gasteiger partial charge is 0.450 e. The molecule has 0 bridgehead atoms. The van der Waals surface area contributed by atoms with Gasteiger partial charge in [-0.15, -0.1) is 0 Å². The Morgan fingerprint density at radius 3 is 2.22 bits per heavy atom. The number of non-ortho nitro benzene ring substituents is 1. The van der Waals surface area contributed by atoms with E-state index in [4.69, 9.17) is 13.9 Å². The zero-order chi connectivity index (χ0) is 24.5. The SMILES string of the molecule is CN(C[C@H](CO[Si](C)(C)C)NC(=O)Oc1ccc([N+](=O)[O-])cc1)C(=O)OCC[Si](C)(C)C. The summed E-state index contributed by atoms with van der Waals surface area (Å²) in [7, 11) is -1.59. The summed E-state index contributed by atoms with van der Waals surface area (Å²) in [6.07, 6.45) is -1.21. The van der Waals surface area contributed by atoms with Gasteiger partial charge in [-0.1, -0.05) is 19.6 Å². The van der Waals surface area contributed by atoms with Crippen LogP contribution in [-0.2, 0) is 9.16 Å². The van der Waals surface area contributed by atoms with Crippen molar-refractivity contribution in [2.75, 3.05) is 26.8 Å². The van der Waals surface area contributed by atoms with Crippen LogP contribution in [0.25, 0.3) is 0 Å². The second-order valence-electron chi connectivity index (χ2n) is 9.71. The van der Waals surface area contributed by atoms with Gasteiger partial charge in [0.15, 0.2) is 8.32 Å². The standard InChI is InChI=1S/C20H35N3O7Si2/c1-22(20(25)28-12-13-31(2,3)4)14-16(15-29-32(5,6)7)21-19(24)30-18-10-8-17(9-11-18)23(26)27/h8-11,16H,12-15H2,1-7H3,(H,21,24)/t16-/m1/s1. The molecule has 0 radical (unpaired) electrons. The lowest BCUT2D eigenvalue weighted by Gasteiger charge is -2.27. The number of ether oxygens (including phenoxy) is 2. The van der Waals surface area contributed by atoms with Crippen LogP contribution in [0.5, 0.6) is 5.75 Å². The van der Waals surface area contributed by atoms with Gasteiger partial charge in [0.25, 0.3) is 5.69 Å². The number of nitrogens with one attached hydrogen (secondary N) is 1. The first-order chi connectivity index (χ1) is 14.7. The highest BCUT2D eigenvalue weighted by molar-refractivity contribution is 6.76. The molecule has 0 heterocycles. The molecule has 0 aromatic heterocycles. The van der Waals surface area contributed by atoms with E-state index in [1.54, 1.807) is 7.05 Å². The lowest BCUT2D eigenvalue weighted by Crippen LogP contribution is -2.49. The second kappa shape index (κ2) is 12.0. The highest BCUT2D eigenvalue weighted by Gasteiger charge is 2.24. The second-order valence-corrected chi connectivity index (χ2v) is 19.8. The molecule has 12 heteroatoms. The molecule has 32 heavy (non-hydrogen) atoms. The minimum absolute atomic E-state index is 0.103. The summed E-state index contributed by atoms with van der Waals surface area (Å²) in [5.41, 5.74) is -0.103. The number of hydrogen-bond donors (Lipinski definition) is 1. The number of rotatable bonds is 11. The lowest BCUT2D eigenvalue weighted by molar-refractivity contribution is -0.384. The van der Waals surface area contributed by atoms with Crippen molar-refractivity contribution in [2.24, 2.45) is 0 Å². The number of carbonyl (C=O) groups is 2. The molecular weight excluding hydrogens is 450 g/mol. The molecule has 0 spiro atoms. The summed E-state index contributed by atoms with van der Waals surface area (Å²) < 4.78 is 16.5. The van der Waals surface area contributed by atoms with Crippen molar-refractivity contribution < 1.29 is 28.4 Å². The van der Waals surface area contributed by atoms with Gasteiger partial charge < -0.3 is 24.1 Å². The number of likely N-dealkylation sites (N-methyl/N-ethyl adjacent to an activating group) is 1. The molecule has 0 fully saturated rings. The predicted octanol–water partition coefficient (Wildman–Crippen LogP) is 4.31. The molecular formula is C20H35N3O7Si2. The Hall–Kier alpha value is -2.45. The van der Waals surface area contributed by atoms with E-state index >= 15 is 0 Å². The Bertz CT molecular complexity index is 777. The summed E-state index contributed by atoms with van der Waals surface area (Å²) >= 11 is 0. The van der Waals surface area contributed by atoms with Gasteiger partial charge in [0.05, 0.1) is 24.2 Å². The molecule has 0 aliphatic rings. The minimum atomic E-state index is -1.87. The van der Waals surface area contributed by atoms with Crippen LogP contribution in [0, 0.1) is 10.1 Å². The molecule has 2 amide bonds. The van der Waals surface area contributed by atoms with Crippen molar-refractivity contribution in [2.45, 2.75) is 51.4 Å². The maximum absolute atomic E-state index is 12.4. The van der Waals surface area contributed by atoms with Gasteiger partial charge in [-0.2, -0.15) is 0 Å². The van der Waals surface area contributed by atoms with Crippen LogP contribution >= 0.6 is 0 Å². The lowest BCUT2D eigenvalue weighted by atomic mass is 10.3. The maximum Gasteiger partial charge on any atom is 0.412 e. The third kappa shape index (κ3) is 11.8. The summed E-state index contributed by atoms with van der Waals surface area (Å²) in [5.74, 6) is 0.164. The van der Waals surface area contributed by atoms with E-state index < -0.39 is 39.5 Å². The van der Waals surface area contributed by atoms with E-state index in [9.17, 15) is 19.7 Å². The van der Waals surface area contributed by atoms with Crippen LogP contribution in [0.2, 0.25) is 45.3 Å². The summed E-state index contributed by atoms with van der Waals surface area (Å²) in [4.78, 5) is 36.3. The van der Waals surface area contributed by atoms with Crippen LogP contribution in [0.4, 0.5) is 15.3 Å². The maximum atomic E-state index is 12.4. The first-order valence-electron chi connectivity index (χ1n) is 10.4. The van der Waals surface area contributed by atoms with E-state index in [0.29, 0.717) is 6.61 Å². The molecule has 1 atom stereocenters. The Balaban J connectivity index is 2.70. The van der Waals surface area contributed by atoms with Crippen molar-refractivity contribution in [3.63, 3.8) is 0 Å². The molecule has 1 aromatic rings. The smallest absolute Gasteiger partial charge is 0.412 e. The van der Waals surface area contributed by atoms with Gasteiger partial charge in [0.2, 0.25) is 0 Å². The molecule has 0 unspecified atom stereocenters. The van der Waals surface area contributed by atoms with E-state index in [0.717, 1.165) is 6.04 Å². The summed E-state index contributed by atoms with van der Waals surface area (Å²) in [5, 5.41) is 13.4. The highest BCUT2D eigenvalue weighted by Crippen LogP contribution is 2.17. The van der Waals surface area contributed by atoms with E-state index in [-0.39, 0.29) is 24.6 Å². The molecule has 0 saturated carbocycles. The summed E-state index contributed by atoms with van der Waals surface area (Å²) in [6, 6.07) is 5.52. The fourth-order valence-corrected chi connectivity index (χ4v) is 3.81. The predicted molar refractivity (Wildman–Crippen MR) is 127 cm³/mol. The van der Waals surface area contributed by atoms with Crippen LogP contribution in [0.3, 0.4) is 0 Å². The number of nitrogens with zero attached hydrogens (tertiary/aromatic N) is 2. The topological polar surface area (TPSA) is 120 Å². The third-order valence-electron chi connectivity index (χ3n) is 4.18. The van der Waals surface area contributed by atoms with Crippen LogP contribution in [0.15, 0.2) is 24.3 Å². The van der Waals surface area contributed by atoms with E-state index in [1.165, 1.54) is 29.2 Å². The fourth-order valence-electron chi connectivity index (χ4n) is 2.39. The molecule has 180 valence electrons. The molecule has 0 aliphatic carbocycles. The molecule has 1 rings (SSSR count). The normalized spacial score (nSPS) is 12.6. The van der Waals surface area contributed by atoms with Crippen LogP contribution in [-0.4, -0.2) is 71.2 Å². The minimum Gasteiger partial charge on any atom is -0.450 e. The number of nitro groups is 1. The number of carbonyl (C=O) groups excluding carboxylic acids is 2. The van der Waals surface area contributed by atoms with Crippen molar-refractivity contribution in [3.05, 3.63) is 34.4 Å². The molecule has 1 aromatic carbocycles. The van der Waals surface area contributed by atoms with Crippen molar-refractivity contribution >= 4 is 34.3 Å². The van der Waals surface area contributed by atoms with E-state index in [2.05, 4.69) is 25.0 Å². The van der Waals surface area contributed by atoms with Crippen LogP contribution in [0.1, 0.15) is 0 Å². The number of amides is 2. The zero-order valence-corrected chi connectivity index (χ0v) is 22.0. The highest BCUT2D eigenvalue weighted by atomic mass is 28.4.